The summed E-state index contributed by atoms with van der Waals surface area (Å²) in [5.74, 6) is 0. The molecular weight excluding hydrogens is 147 g/mol. The summed E-state index contributed by atoms with van der Waals surface area (Å²) in [6, 6.07) is 0. The molecule has 1 nitrogen and oxygen atoms in total. The first-order valence-corrected chi connectivity index (χ1v) is 5.05. The molecule has 12 heavy (non-hydrogen) atoms. The fraction of sp³-hybridized carbons (Fsp3) is 1.00. The molecule has 0 bridgehead atoms. The lowest BCUT2D eigenvalue weighted by Crippen LogP contribution is -2.39. The summed E-state index contributed by atoms with van der Waals surface area (Å²) in [6.45, 7) is 8.96. The summed E-state index contributed by atoms with van der Waals surface area (Å²) in [7, 11) is 2.34. The van der Waals surface area contributed by atoms with Gasteiger partial charge in [-0.3, -0.25) is 0 Å². The molecule has 1 rings (SSSR count). The molecule has 0 unspecified atom stereocenters. The largest absolute Gasteiger partial charge is 0.382 e. The number of hydrogen-bond donors (Lipinski definition) is 0. The molecule has 0 amide bonds. The van der Waals surface area contributed by atoms with Crippen molar-refractivity contribution in [2.75, 3.05) is 13.2 Å². The normalized spacial score (nSPS) is 21.9. The highest BCUT2D eigenvalue weighted by atomic mass is 16.5. The minimum absolute atomic E-state index is 0.485. The van der Waals surface area contributed by atoms with Gasteiger partial charge in [-0.2, -0.15) is 0 Å². The van der Waals surface area contributed by atoms with Crippen LogP contribution in [0.3, 0.4) is 0 Å². The van der Waals surface area contributed by atoms with Gasteiger partial charge < -0.3 is 4.74 Å². The van der Waals surface area contributed by atoms with Crippen molar-refractivity contribution in [1.82, 2.24) is 0 Å². The predicted molar refractivity (Wildman–Crippen MR) is 55.4 cm³/mol. The maximum Gasteiger partial charge on any atom is 0.115 e. The quantitative estimate of drug-likeness (QED) is 0.583. The van der Waals surface area contributed by atoms with Crippen LogP contribution in [0.4, 0.5) is 0 Å². The zero-order valence-corrected chi connectivity index (χ0v) is 8.94. The Morgan fingerprint density at radius 1 is 1.42 bits per heavy atom. The Morgan fingerprint density at radius 3 is 2.33 bits per heavy atom. The van der Waals surface area contributed by atoms with Gasteiger partial charge in [0.1, 0.15) is 7.85 Å². The second-order valence-corrected chi connectivity index (χ2v) is 5.39. The summed E-state index contributed by atoms with van der Waals surface area (Å²) in [4.78, 5) is 0. The van der Waals surface area contributed by atoms with Crippen molar-refractivity contribution < 1.29 is 4.74 Å². The number of hydrogen-bond acceptors (Lipinski definition) is 1. The summed E-state index contributed by atoms with van der Waals surface area (Å²) in [5, 5.41) is 0.485. The van der Waals surface area contributed by atoms with Gasteiger partial charge in [-0.05, 0) is 23.6 Å². The van der Waals surface area contributed by atoms with Gasteiger partial charge in [0.05, 0.1) is 0 Å². The van der Waals surface area contributed by atoms with E-state index in [0.29, 0.717) is 10.7 Å². The van der Waals surface area contributed by atoms with Crippen molar-refractivity contribution in [2.45, 2.75) is 45.3 Å². The van der Waals surface area contributed by atoms with Gasteiger partial charge in [0.2, 0.25) is 0 Å². The van der Waals surface area contributed by atoms with Gasteiger partial charge in [-0.15, -0.1) is 0 Å². The molecule has 1 saturated heterocycles. The van der Waals surface area contributed by atoms with Crippen LogP contribution in [0.1, 0.15) is 40.0 Å². The Kier molecular flexibility index (Phi) is 2.87. The topological polar surface area (TPSA) is 9.23 Å². The average Bonchev–Trinajstić information content (AvgIpc) is 1.83. The molecule has 0 aromatic heterocycles. The van der Waals surface area contributed by atoms with Gasteiger partial charge >= 0.3 is 0 Å². The van der Waals surface area contributed by atoms with Gasteiger partial charge in [0.25, 0.3) is 0 Å². The number of rotatable bonds is 4. The molecule has 0 atom stereocenters. The van der Waals surface area contributed by atoms with Crippen molar-refractivity contribution >= 4 is 7.85 Å². The van der Waals surface area contributed by atoms with Crippen LogP contribution < -0.4 is 0 Å². The van der Waals surface area contributed by atoms with Crippen LogP contribution >= 0.6 is 0 Å². The van der Waals surface area contributed by atoms with E-state index in [4.69, 9.17) is 4.74 Å². The molecule has 1 fully saturated rings. The Labute approximate surface area is 77.3 Å². The summed E-state index contributed by atoms with van der Waals surface area (Å²) in [5.41, 5.74) is 0.507. The van der Waals surface area contributed by atoms with Crippen molar-refractivity contribution in [3.8, 4) is 0 Å². The molecule has 0 aromatic carbocycles. The first-order chi connectivity index (χ1) is 5.47. The first kappa shape index (κ1) is 10.1. The third-order valence-corrected chi connectivity index (χ3v) is 2.73. The van der Waals surface area contributed by atoms with Crippen LogP contribution in [0.15, 0.2) is 0 Å². The van der Waals surface area contributed by atoms with Crippen molar-refractivity contribution in [2.24, 2.45) is 5.41 Å². The predicted octanol–water partition coefficient (Wildman–Crippen LogP) is 2.02. The van der Waals surface area contributed by atoms with E-state index in [0.717, 1.165) is 13.2 Å². The van der Waals surface area contributed by atoms with Crippen LogP contribution in [0.5, 0.6) is 0 Å². The molecule has 70 valence electrons. The van der Waals surface area contributed by atoms with Crippen molar-refractivity contribution in [3.05, 3.63) is 0 Å². The molecule has 0 aliphatic carbocycles. The van der Waals surface area contributed by atoms with E-state index in [1.807, 2.05) is 0 Å². The highest BCUT2D eigenvalue weighted by molar-refractivity contribution is 6.16. The van der Waals surface area contributed by atoms with E-state index in [9.17, 15) is 0 Å². The molecule has 1 heterocycles. The molecule has 0 spiro atoms. The van der Waals surface area contributed by atoms with Gasteiger partial charge in [0, 0.05) is 13.2 Å². The molecule has 0 aromatic rings. The Bertz CT molecular complexity index is 150. The van der Waals surface area contributed by atoms with E-state index in [1.54, 1.807) is 0 Å². The lowest BCUT2D eigenvalue weighted by molar-refractivity contribution is -0.0380. The second kappa shape index (κ2) is 3.41. The number of ether oxygens (including phenoxy) is 1. The lowest BCUT2D eigenvalue weighted by Gasteiger charge is -2.43. The summed E-state index contributed by atoms with van der Waals surface area (Å²) >= 11 is 0. The molecule has 2 heteroatoms. The molecule has 1 aliphatic rings. The Hall–Kier alpha value is 0.0249. The van der Waals surface area contributed by atoms with E-state index >= 15 is 0 Å². The zero-order chi connectivity index (χ0) is 9.24. The maximum absolute atomic E-state index is 5.26. The van der Waals surface area contributed by atoms with E-state index in [-0.39, 0.29) is 0 Å². The average molecular weight is 168 g/mol. The minimum atomic E-state index is 0.485. The van der Waals surface area contributed by atoms with Gasteiger partial charge in [0.15, 0.2) is 0 Å². The summed E-state index contributed by atoms with van der Waals surface area (Å²) < 4.78 is 5.26. The zero-order valence-electron chi connectivity index (χ0n) is 8.94. The third-order valence-electron chi connectivity index (χ3n) is 2.73. The SMILES string of the molecule is BC1(CC(C)(C)CCC)COC1. The molecule has 0 N–H and O–H groups in total. The summed E-state index contributed by atoms with van der Waals surface area (Å²) in [6.07, 6.45) is 3.94. The van der Waals surface area contributed by atoms with Crippen LogP contribution in [0.25, 0.3) is 0 Å². The van der Waals surface area contributed by atoms with Crippen LogP contribution in [-0.4, -0.2) is 21.1 Å². The van der Waals surface area contributed by atoms with Gasteiger partial charge in [-0.1, -0.05) is 27.2 Å². The van der Waals surface area contributed by atoms with Crippen molar-refractivity contribution in [1.29, 1.82) is 0 Å². The molecular formula is C10H21BO. The minimum Gasteiger partial charge on any atom is -0.382 e. The van der Waals surface area contributed by atoms with Crippen LogP contribution in [0.2, 0.25) is 5.31 Å². The lowest BCUT2D eigenvalue weighted by atomic mass is 9.59. The van der Waals surface area contributed by atoms with Crippen molar-refractivity contribution in [3.63, 3.8) is 0 Å². The fourth-order valence-electron chi connectivity index (χ4n) is 2.47. The first-order valence-electron chi connectivity index (χ1n) is 5.05. The highest BCUT2D eigenvalue weighted by Gasteiger charge is 2.37. The molecule has 0 radical (unpaired) electrons. The maximum atomic E-state index is 5.26. The smallest absolute Gasteiger partial charge is 0.115 e. The molecule has 1 aliphatic heterocycles. The standard InChI is InChI=1S/C10H21BO/c1-4-5-9(2,3)6-10(11)7-12-8-10/h4-8,11H2,1-3H3. The Balaban J connectivity index is 2.37. The third kappa shape index (κ3) is 2.51. The fourth-order valence-corrected chi connectivity index (χ4v) is 2.47. The Morgan fingerprint density at radius 2 is 2.00 bits per heavy atom. The van der Waals surface area contributed by atoms with E-state index in [1.165, 1.54) is 19.3 Å². The van der Waals surface area contributed by atoms with Gasteiger partial charge in [-0.25, -0.2) is 0 Å². The monoisotopic (exact) mass is 168 g/mol. The second-order valence-electron chi connectivity index (χ2n) is 5.39. The molecule has 0 saturated carbocycles. The van der Waals surface area contributed by atoms with E-state index < -0.39 is 0 Å². The van der Waals surface area contributed by atoms with E-state index in [2.05, 4.69) is 28.6 Å². The highest BCUT2D eigenvalue weighted by Crippen LogP contribution is 2.44. The van der Waals surface area contributed by atoms with Crippen LogP contribution in [-0.2, 0) is 4.74 Å². The van der Waals surface area contributed by atoms with Crippen LogP contribution in [0, 0.1) is 5.41 Å².